The van der Waals surface area contributed by atoms with Crippen LogP contribution in [0.25, 0.3) is 0 Å². The Hall–Kier alpha value is -1.88. The SMILES string of the molecule is CC(=O)c1c[nH]c(C(=O)NC(C)c2cc(C)sc2C)c1. The lowest BCUT2D eigenvalue weighted by Crippen LogP contribution is -2.27. The molecule has 1 amide bonds. The van der Waals surface area contributed by atoms with E-state index in [1.807, 2.05) is 6.92 Å². The van der Waals surface area contributed by atoms with Gasteiger partial charge in [0.1, 0.15) is 5.69 Å². The first-order valence-electron chi connectivity index (χ1n) is 6.45. The van der Waals surface area contributed by atoms with Crippen molar-refractivity contribution < 1.29 is 9.59 Å². The molecule has 1 unspecified atom stereocenters. The minimum Gasteiger partial charge on any atom is -0.356 e. The molecule has 2 aromatic rings. The van der Waals surface area contributed by atoms with E-state index in [0.29, 0.717) is 11.3 Å². The van der Waals surface area contributed by atoms with Gasteiger partial charge in [-0.2, -0.15) is 0 Å². The van der Waals surface area contributed by atoms with E-state index in [2.05, 4.69) is 30.2 Å². The molecular weight excluding hydrogens is 272 g/mol. The summed E-state index contributed by atoms with van der Waals surface area (Å²) in [6, 6.07) is 3.62. The first kappa shape index (κ1) is 14.5. The van der Waals surface area contributed by atoms with Gasteiger partial charge in [0.25, 0.3) is 5.91 Å². The molecule has 0 bridgehead atoms. The summed E-state index contributed by atoms with van der Waals surface area (Å²) < 4.78 is 0. The van der Waals surface area contributed by atoms with Crippen LogP contribution < -0.4 is 5.32 Å². The molecule has 0 spiro atoms. The summed E-state index contributed by atoms with van der Waals surface area (Å²) in [7, 11) is 0. The van der Waals surface area contributed by atoms with Gasteiger partial charge >= 0.3 is 0 Å². The van der Waals surface area contributed by atoms with Gasteiger partial charge in [-0.3, -0.25) is 9.59 Å². The van der Waals surface area contributed by atoms with Crippen molar-refractivity contribution in [3.63, 3.8) is 0 Å². The lowest BCUT2D eigenvalue weighted by molar-refractivity contribution is 0.0935. The van der Waals surface area contributed by atoms with E-state index in [1.54, 1.807) is 23.6 Å². The van der Waals surface area contributed by atoms with E-state index in [4.69, 9.17) is 0 Å². The highest BCUT2D eigenvalue weighted by atomic mass is 32.1. The molecule has 0 aliphatic carbocycles. The second-order valence-corrected chi connectivity index (χ2v) is 6.38. The largest absolute Gasteiger partial charge is 0.356 e. The number of hydrogen-bond donors (Lipinski definition) is 2. The fourth-order valence-corrected chi connectivity index (χ4v) is 3.18. The third-order valence-corrected chi connectivity index (χ3v) is 4.21. The third kappa shape index (κ3) is 2.99. The molecule has 0 radical (unpaired) electrons. The molecule has 2 aromatic heterocycles. The van der Waals surface area contributed by atoms with Crippen LogP contribution in [-0.4, -0.2) is 16.7 Å². The normalized spacial score (nSPS) is 12.2. The van der Waals surface area contributed by atoms with E-state index >= 15 is 0 Å². The standard InChI is InChI=1S/C15H18N2O2S/c1-8-5-13(11(4)20-8)9(2)17-15(19)14-6-12(7-16-14)10(3)18/h5-7,9,16H,1-4H3,(H,17,19). The Morgan fingerprint density at radius 3 is 2.50 bits per heavy atom. The minimum absolute atomic E-state index is 0.0577. The molecule has 1 atom stereocenters. The van der Waals surface area contributed by atoms with Crippen LogP contribution >= 0.6 is 11.3 Å². The van der Waals surface area contributed by atoms with Gasteiger partial charge in [0.15, 0.2) is 5.78 Å². The number of aromatic nitrogens is 1. The number of carbonyl (C=O) groups excluding carboxylic acids is 2. The fourth-order valence-electron chi connectivity index (χ4n) is 2.16. The van der Waals surface area contributed by atoms with E-state index in [-0.39, 0.29) is 17.7 Å². The van der Waals surface area contributed by atoms with Crippen LogP contribution in [0.5, 0.6) is 0 Å². The highest BCUT2D eigenvalue weighted by Crippen LogP contribution is 2.26. The highest BCUT2D eigenvalue weighted by Gasteiger charge is 2.16. The number of ketones is 1. The maximum Gasteiger partial charge on any atom is 0.268 e. The van der Waals surface area contributed by atoms with Crippen molar-refractivity contribution in [2.75, 3.05) is 0 Å². The van der Waals surface area contributed by atoms with Crippen LogP contribution in [0.3, 0.4) is 0 Å². The van der Waals surface area contributed by atoms with E-state index in [9.17, 15) is 9.59 Å². The third-order valence-electron chi connectivity index (χ3n) is 3.23. The number of amides is 1. The molecule has 0 saturated heterocycles. The summed E-state index contributed by atoms with van der Waals surface area (Å²) in [6.07, 6.45) is 1.56. The molecule has 0 aliphatic rings. The molecule has 0 aliphatic heterocycles. The number of Topliss-reactive ketones (excluding diaryl/α,β-unsaturated/α-hetero) is 1. The molecule has 4 nitrogen and oxygen atoms in total. The summed E-state index contributed by atoms with van der Waals surface area (Å²) in [5, 5.41) is 2.94. The van der Waals surface area contributed by atoms with Crippen molar-refractivity contribution in [1.82, 2.24) is 10.3 Å². The predicted molar refractivity (Wildman–Crippen MR) is 80.5 cm³/mol. The summed E-state index contributed by atoms with van der Waals surface area (Å²) in [4.78, 5) is 28.6. The summed E-state index contributed by atoms with van der Waals surface area (Å²) in [5.74, 6) is -0.258. The van der Waals surface area contributed by atoms with Gasteiger partial charge in [-0.05, 0) is 45.4 Å². The number of thiophene rings is 1. The minimum atomic E-state index is -0.201. The van der Waals surface area contributed by atoms with Crippen molar-refractivity contribution in [2.24, 2.45) is 0 Å². The Morgan fingerprint density at radius 1 is 1.30 bits per heavy atom. The zero-order valence-electron chi connectivity index (χ0n) is 12.0. The van der Waals surface area contributed by atoms with Crippen LogP contribution in [0.1, 0.15) is 56.1 Å². The number of nitrogens with one attached hydrogen (secondary N) is 2. The van der Waals surface area contributed by atoms with Crippen LogP contribution in [0, 0.1) is 13.8 Å². The Morgan fingerprint density at radius 2 is 2.00 bits per heavy atom. The Kier molecular flexibility index (Phi) is 4.09. The zero-order chi connectivity index (χ0) is 14.9. The summed E-state index contributed by atoms with van der Waals surface area (Å²) in [5.41, 5.74) is 2.07. The maximum atomic E-state index is 12.1. The molecule has 0 aromatic carbocycles. The quantitative estimate of drug-likeness (QED) is 0.848. The average Bonchev–Trinajstić information content (AvgIpc) is 2.95. The van der Waals surface area contributed by atoms with Crippen molar-refractivity contribution >= 4 is 23.0 Å². The molecular formula is C15H18N2O2S. The van der Waals surface area contributed by atoms with E-state index in [0.717, 1.165) is 5.56 Å². The predicted octanol–water partition coefficient (Wildman–Crippen LogP) is 3.39. The van der Waals surface area contributed by atoms with Gasteiger partial charge in [0.2, 0.25) is 0 Å². The Bertz CT molecular complexity index is 655. The molecule has 2 heterocycles. The monoisotopic (exact) mass is 290 g/mol. The smallest absolute Gasteiger partial charge is 0.268 e. The topological polar surface area (TPSA) is 62.0 Å². The van der Waals surface area contributed by atoms with E-state index < -0.39 is 0 Å². The number of hydrogen-bond acceptors (Lipinski definition) is 3. The summed E-state index contributed by atoms with van der Waals surface area (Å²) >= 11 is 1.72. The second-order valence-electron chi connectivity index (χ2n) is 4.92. The van der Waals surface area contributed by atoms with Gasteiger partial charge in [-0.25, -0.2) is 0 Å². The molecule has 0 saturated carbocycles. The number of carbonyl (C=O) groups is 2. The first-order chi connectivity index (χ1) is 9.38. The van der Waals surface area contributed by atoms with Crippen LogP contribution in [0.4, 0.5) is 0 Å². The first-order valence-corrected chi connectivity index (χ1v) is 7.27. The molecule has 5 heteroatoms. The highest BCUT2D eigenvalue weighted by molar-refractivity contribution is 7.12. The van der Waals surface area contributed by atoms with Gasteiger partial charge in [-0.1, -0.05) is 0 Å². The van der Waals surface area contributed by atoms with Crippen molar-refractivity contribution in [1.29, 1.82) is 0 Å². The Labute approximate surface area is 122 Å². The van der Waals surface area contributed by atoms with Gasteiger partial charge in [0, 0.05) is 21.5 Å². The van der Waals surface area contributed by atoms with Crippen molar-refractivity contribution in [3.05, 3.63) is 44.9 Å². The van der Waals surface area contributed by atoms with Gasteiger partial charge in [-0.15, -0.1) is 11.3 Å². The van der Waals surface area contributed by atoms with Crippen molar-refractivity contribution in [2.45, 2.75) is 33.7 Å². The van der Waals surface area contributed by atoms with Crippen LogP contribution in [0.15, 0.2) is 18.3 Å². The van der Waals surface area contributed by atoms with E-state index in [1.165, 1.54) is 16.7 Å². The molecule has 2 rings (SSSR count). The fraction of sp³-hybridized carbons (Fsp3) is 0.333. The summed E-state index contributed by atoms with van der Waals surface area (Å²) in [6.45, 7) is 7.55. The van der Waals surface area contributed by atoms with Gasteiger partial charge < -0.3 is 10.3 Å². The number of H-pyrrole nitrogens is 1. The number of aryl methyl sites for hydroxylation is 2. The zero-order valence-corrected chi connectivity index (χ0v) is 12.9. The maximum absolute atomic E-state index is 12.1. The number of rotatable bonds is 4. The number of aromatic amines is 1. The average molecular weight is 290 g/mol. The molecule has 106 valence electrons. The van der Waals surface area contributed by atoms with Crippen LogP contribution in [0.2, 0.25) is 0 Å². The van der Waals surface area contributed by atoms with Crippen molar-refractivity contribution in [3.8, 4) is 0 Å². The lowest BCUT2D eigenvalue weighted by Gasteiger charge is -2.13. The Balaban J connectivity index is 2.10. The lowest BCUT2D eigenvalue weighted by atomic mass is 10.1. The van der Waals surface area contributed by atoms with Crippen LogP contribution in [-0.2, 0) is 0 Å². The molecule has 20 heavy (non-hydrogen) atoms. The molecule has 0 fully saturated rings. The second kappa shape index (κ2) is 5.63. The molecule has 2 N–H and O–H groups in total. The van der Waals surface area contributed by atoms with Gasteiger partial charge in [0.05, 0.1) is 6.04 Å².